The average molecular weight is 235 g/mol. The predicted molar refractivity (Wildman–Crippen MR) is 63.5 cm³/mol. The first-order valence-corrected chi connectivity index (χ1v) is 5.92. The molecule has 1 unspecified atom stereocenters. The third-order valence-electron chi connectivity index (χ3n) is 3.11. The number of benzene rings is 1. The summed E-state index contributed by atoms with van der Waals surface area (Å²) in [5.41, 5.74) is 0.478. The average Bonchev–Trinajstić information content (AvgIpc) is 2.32. The van der Waals surface area contributed by atoms with Crippen LogP contribution in [0.2, 0.25) is 0 Å². The van der Waals surface area contributed by atoms with Crippen molar-refractivity contribution in [3.05, 3.63) is 29.8 Å². The number of nitrogens with zero attached hydrogens (tertiary/aromatic N) is 1. The normalized spacial score (nSPS) is 18.2. The number of phenolic OH excluding ortho intramolecular Hbond substituents is 1. The number of aromatic hydroxyl groups is 1. The van der Waals surface area contributed by atoms with Crippen molar-refractivity contribution in [3.63, 3.8) is 0 Å². The minimum absolute atomic E-state index is 0.0736. The van der Waals surface area contributed by atoms with Crippen molar-refractivity contribution < 1.29 is 15.0 Å². The largest absolute Gasteiger partial charge is 0.508 e. The molecule has 4 heteroatoms. The zero-order valence-corrected chi connectivity index (χ0v) is 9.67. The molecular weight excluding hydrogens is 218 g/mol. The van der Waals surface area contributed by atoms with Crippen LogP contribution in [0.25, 0.3) is 0 Å². The molecule has 1 aromatic carbocycles. The number of hydrogen-bond acceptors (Lipinski definition) is 3. The number of β-amino-alcohol motifs (C(OH)–C–C–N with tert-alkyl or cyclic N) is 1. The van der Waals surface area contributed by atoms with E-state index in [1.165, 1.54) is 6.07 Å². The van der Waals surface area contributed by atoms with Crippen molar-refractivity contribution in [2.24, 2.45) is 0 Å². The van der Waals surface area contributed by atoms with E-state index in [9.17, 15) is 15.0 Å². The van der Waals surface area contributed by atoms with Gasteiger partial charge in [0.05, 0.1) is 6.54 Å². The van der Waals surface area contributed by atoms with Crippen molar-refractivity contribution in [2.45, 2.75) is 25.4 Å². The highest BCUT2D eigenvalue weighted by molar-refractivity contribution is 5.76. The van der Waals surface area contributed by atoms with Gasteiger partial charge < -0.3 is 15.1 Å². The van der Waals surface area contributed by atoms with Gasteiger partial charge >= 0.3 is 0 Å². The molecular formula is C13H17NO3. The Kier molecular flexibility index (Phi) is 3.64. The lowest BCUT2D eigenvalue weighted by atomic mass is 10.1. The van der Waals surface area contributed by atoms with E-state index >= 15 is 0 Å². The number of phenols is 1. The summed E-state index contributed by atoms with van der Waals surface area (Å²) in [7, 11) is 0. The molecule has 1 atom stereocenters. The Morgan fingerprint density at radius 2 is 2.06 bits per heavy atom. The van der Waals surface area contributed by atoms with Crippen LogP contribution in [0, 0.1) is 0 Å². The van der Waals surface area contributed by atoms with Crippen molar-refractivity contribution >= 4 is 5.91 Å². The Morgan fingerprint density at radius 3 is 2.76 bits per heavy atom. The molecule has 4 nitrogen and oxygen atoms in total. The fourth-order valence-corrected chi connectivity index (χ4v) is 2.13. The second-order valence-electron chi connectivity index (χ2n) is 4.37. The van der Waals surface area contributed by atoms with E-state index in [1.807, 2.05) is 0 Å². The molecule has 1 heterocycles. The molecule has 1 aliphatic rings. The van der Waals surface area contributed by atoms with Crippen LogP contribution in [0.4, 0.5) is 0 Å². The minimum Gasteiger partial charge on any atom is -0.508 e. The van der Waals surface area contributed by atoms with Gasteiger partial charge in [-0.25, -0.2) is 0 Å². The minimum atomic E-state index is -0.821. The maximum absolute atomic E-state index is 11.6. The standard InChI is InChI=1S/C13H17NO3/c15-11-6-2-1-5-10(11)12(16)9-14-8-4-3-7-13(14)17/h1-2,5-6,12,15-16H,3-4,7-9H2. The summed E-state index contributed by atoms with van der Waals surface area (Å²) in [5, 5.41) is 19.6. The second-order valence-corrected chi connectivity index (χ2v) is 4.37. The Morgan fingerprint density at radius 1 is 1.29 bits per heavy atom. The smallest absolute Gasteiger partial charge is 0.222 e. The quantitative estimate of drug-likeness (QED) is 0.833. The van der Waals surface area contributed by atoms with Crippen molar-refractivity contribution in [3.8, 4) is 5.75 Å². The number of hydrogen-bond donors (Lipinski definition) is 2. The summed E-state index contributed by atoms with van der Waals surface area (Å²) in [6, 6.07) is 6.68. The van der Waals surface area contributed by atoms with Crippen LogP contribution in [0.15, 0.2) is 24.3 Å². The molecule has 0 aromatic heterocycles. The number of piperidine rings is 1. The van der Waals surface area contributed by atoms with Crippen molar-refractivity contribution in [1.82, 2.24) is 4.90 Å². The zero-order valence-electron chi connectivity index (χ0n) is 9.67. The van der Waals surface area contributed by atoms with E-state index in [4.69, 9.17) is 0 Å². The molecule has 0 saturated carbocycles. The molecule has 0 radical (unpaired) electrons. The highest BCUT2D eigenvalue weighted by Gasteiger charge is 2.22. The lowest BCUT2D eigenvalue weighted by molar-refractivity contribution is -0.134. The number of amides is 1. The summed E-state index contributed by atoms with van der Waals surface area (Å²) in [5.74, 6) is 0.162. The maximum atomic E-state index is 11.6. The topological polar surface area (TPSA) is 60.8 Å². The van der Waals surface area contributed by atoms with Crippen LogP contribution in [-0.4, -0.2) is 34.1 Å². The Balaban J connectivity index is 2.03. The number of rotatable bonds is 3. The lowest BCUT2D eigenvalue weighted by Crippen LogP contribution is -2.38. The first kappa shape index (κ1) is 11.9. The highest BCUT2D eigenvalue weighted by atomic mass is 16.3. The number of aliphatic hydroxyl groups is 1. The van der Waals surface area contributed by atoms with Crippen molar-refractivity contribution in [2.75, 3.05) is 13.1 Å². The van der Waals surface area contributed by atoms with Gasteiger partial charge in [-0.15, -0.1) is 0 Å². The van der Waals surface area contributed by atoms with Crippen LogP contribution in [-0.2, 0) is 4.79 Å². The number of aliphatic hydroxyl groups excluding tert-OH is 1. The fraction of sp³-hybridized carbons (Fsp3) is 0.462. The first-order chi connectivity index (χ1) is 8.18. The molecule has 0 spiro atoms. The molecule has 92 valence electrons. The van der Waals surface area contributed by atoms with E-state index in [1.54, 1.807) is 23.1 Å². The molecule has 0 aliphatic carbocycles. The van der Waals surface area contributed by atoms with Gasteiger partial charge in [0.15, 0.2) is 0 Å². The van der Waals surface area contributed by atoms with Gasteiger partial charge in [-0.1, -0.05) is 18.2 Å². The van der Waals surface area contributed by atoms with E-state index in [-0.39, 0.29) is 18.2 Å². The fourth-order valence-electron chi connectivity index (χ4n) is 2.13. The van der Waals surface area contributed by atoms with Crippen molar-refractivity contribution in [1.29, 1.82) is 0 Å². The van der Waals surface area contributed by atoms with E-state index in [2.05, 4.69) is 0 Å². The molecule has 1 fully saturated rings. The number of likely N-dealkylation sites (tertiary alicyclic amines) is 1. The first-order valence-electron chi connectivity index (χ1n) is 5.92. The van der Waals surface area contributed by atoms with Crippen LogP contribution in [0.5, 0.6) is 5.75 Å². The van der Waals surface area contributed by atoms with Crippen LogP contribution in [0.1, 0.15) is 30.9 Å². The Bertz CT molecular complexity index is 405. The highest BCUT2D eigenvalue weighted by Crippen LogP contribution is 2.25. The van der Waals surface area contributed by atoms with Gasteiger partial charge in [0.25, 0.3) is 0 Å². The Labute approximate surface area is 100 Å². The second kappa shape index (κ2) is 5.19. The van der Waals surface area contributed by atoms with Crippen LogP contribution in [0.3, 0.4) is 0 Å². The van der Waals surface area contributed by atoms with Gasteiger partial charge in [-0.2, -0.15) is 0 Å². The van der Waals surface area contributed by atoms with E-state index < -0.39 is 6.10 Å². The summed E-state index contributed by atoms with van der Waals surface area (Å²) >= 11 is 0. The molecule has 1 amide bonds. The molecule has 1 saturated heterocycles. The summed E-state index contributed by atoms with van der Waals surface area (Å²) in [6.45, 7) is 0.958. The lowest BCUT2D eigenvalue weighted by Gasteiger charge is -2.29. The van der Waals surface area contributed by atoms with Gasteiger partial charge in [-0.3, -0.25) is 4.79 Å². The Hall–Kier alpha value is -1.55. The SMILES string of the molecule is O=C1CCCCN1CC(O)c1ccccc1O. The number of para-hydroxylation sites is 1. The molecule has 2 rings (SSSR count). The van der Waals surface area contributed by atoms with Crippen LogP contribution < -0.4 is 0 Å². The van der Waals surface area contributed by atoms with E-state index in [0.29, 0.717) is 18.5 Å². The van der Waals surface area contributed by atoms with Gasteiger partial charge in [0, 0.05) is 18.5 Å². The molecule has 1 aromatic rings. The van der Waals surface area contributed by atoms with E-state index in [0.717, 1.165) is 12.8 Å². The molecule has 1 aliphatic heterocycles. The molecule has 2 N–H and O–H groups in total. The van der Waals surface area contributed by atoms with Gasteiger partial charge in [-0.05, 0) is 18.9 Å². The number of carbonyl (C=O) groups is 1. The predicted octanol–water partition coefficient (Wildman–Crippen LogP) is 1.44. The van der Waals surface area contributed by atoms with Crippen LogP contribution >= 0.6 is 0 Å². The van der Waals surface area contributed by atoms with Gasteiger partial charge in [0.1, 0.15) is 11.9 Å². The third kappa shape index (κ3) is 2.77. The number of carbonyl (C=O) groups excluding carboxylic acids is 1. The zero-order chi connectivity index (χ0) is 12.3. The third-order valence-corrected chi connectivity index (χ3v) is 3.11. The summed E-state index contributed by atoms with van der Waals surface area (Å²) < 4.78 is 0. The summed E-state index contributed by atoms with van der Waals surface area (Å²) in [6.07, 6.45) is 1.66. The van der Waals surface area contributed by atoms with Gasteiger partial charge in [0.2, 0.25) is 5.91 Å². The molecule has 17 heavy (non-hydrogen) atoms. The molecule has 0 bridgehead atoms. The summed E-state index contributed by atoms with van der Waals surface area (Å²) in [4.78, 5) is 13.3. The monoisotopic (exact) mass is 235 g/mol. The maximum Gasteiger partial charge on any atom is 0.222 e.